The molecule has 4 nitrogen and oxygen atoms in total. The summed E-state index contributed by atoms with van der Waals surface area (Å²) < 4.78 is 5.10. The quantitative estimate of drug-likeness (QED) is 0.854. The molecule has 17 heavy (non-hydrogen) atoms. The fourth-order valence-electron chi connectivity index (χ4n) is 2.01. The summed E-state index contributed by atoms with van der Waals surface area (Å²) in [6.45, 7) is 3.77. The minimum absolute atomic E-state index is 0.139. The second-order valence-corrected chi connectivity index (χ2v) is 4.43. The predicted octanol–water partition coefficient (Wildman–Crippen LogP) is 1.32. The lowest BCUT2D eigenvalue weighted by atomic mass is 10.1. The molecule has 0 spiro atoms. The number of benzene rings is 1. The number of cyclic esters (lactones) is 1. The number of carbonyl (C=O) groups excluding carboxylic acids is 1. The molecular weight excluding hydrogens is 216 g/mol. The predicted molar refractivity (Wildman–Crippen MR) is 65.8 cm³/mol. The van der Waals surface area contributed by atoms with Gasteiger partial charge in [0.25, 0.3) is 0 Å². The number of aryl methyl sites for hydroxylation is 1. The Labute approximate surface area is 101 Å². The van der Waals surface area contributed by atoms with E-state index < -0.39 is 0 Å². The highest BCUT2D eigenvalue weighted by Crippen LogP contribution is 2.12. The van der Waals surface area contributed by atoms with Gasteiger partial charge in [0.05, 0.1) is 6.54 Å². The Kier molecular flexibility index (Phi) is 3.64. The lowest BCUT2D eigenvalue weighted by molar-refractivity contribution is 0.135. The lowest BCUT2D eigenvalue weighted by Gasteiger charge is -2.12. The molecular formula is C13H18N2O2. The Morgan fingerprint density at radius 3 is 3.00 bits per heavy atom. The first kappa shape index (κ1) is 11.9. The van der Waals surface area contributed by atoms with Gasteiger partial charge in [-0.1, -0.05) is 29.8 Å². The van der Waals surface area contributed by atoms with Crippen molar-refractivity contribution in [2.45, 2.75) is 19.4 Å². The molecule has 92 valence electrons. The van der Waals surface area contributed by atoms with E-state index in [4.69, 9.17) is 10.5 Å². The minimum Gasteiger partial charge on any atom is -0.443 e. The Balaban J connectivity index is 1.88. The van der Waals surface area contributed by atoms with E-state index in [-0.39, 0.29) is 12.2 Å². The van der Waals surface area contributed by atoms with E-state index in [9.17, 15) is 4.79 Å². The normalized spacial score (nSPS) is 19.5. The molecule has 0 saturated carbocycles. The molecule has 1 unspecified atom stereocenters. The number of amides is 1. The van der Waals surface area contributed by atoms with Crippen molar-refractivity contribution in [3.8, 4) is 0 Å². The van der Waals surface area contributed by atoms with Crippen LogP contribution < -0.4 is 5.73 Å². The van der Waals surface area contributed by atoms with Crippen molar-refractivity contribution in [3.63, 3.8) is 0 Å². The highest BCUT2D eigenvalue weighted by atomic mass is 16.6. The van der Waals surface area contributed by atoms with Gasteiger partial charge in [-0.3, -0.25) is 0 Å². The number of carbonyl (C=O) groups is 1. The van der Waals surface area contributed by atoms with Gasteiger partial charge in [0, 0.05) is 13.1 Å². The Bertz CT molecular complexity index is 406. The van der Waals surface area contributed by atoms with Crippen molar-refractivity contribution < 1.29 is 9.53 Å². The van der Waals surface area contributed by atoms with Crippen LogP contribution in [0.1, 0.15) is 11.1 Å². The molecule has 1 aliphatic heterocycles. The van der Waals surface area contributed by atoms with Gasteiger partial charge in [-0.25, -0.2) is 4.79 Å². The van der Waals surface area contributed by atoms with Crippen LogP contribution in [-0.2, 0) is 11.2 Å². The van der Waals surface area contributed by atoms with Gasteiger partial charge in [-0.2, -0.15) is 0 Å². The highest BCUT2D eigenvalue weighted by molar-refractivity contribution is 5.69. The van der Waals surface area contributed by atoms with E-state index in [1.165, 1.54) is 11.1 Å². The zero-order chi connectivity index (χ0) is 12.3. The molecule has 2 N–H and O–H groups in total. The number of ether oxygens (including phenoxy) is 1. The third-order valence-corrected chi connectivity index (χ3v) is 2.97. The zero-order valence-electron chi connectivity index (χ0n) is 10.1. The third-order valence-electron chi connectivity index (χ3n) is 2.97. The average molecular weight is 234 g/mol. The maximum atomic E-state index is 11.5. The maximum Gasteiger partial charge on any atom is 0.410 e. The van der Waals surface area contributed by atoms with Gasteiger partial charge >= 0.3 is 6.09 Å². The monoisotopic (exact) mass is 234 g/mol. The van der Waals surface area contributed by atoms with E-state index in [0.717, 1.165) is 6.42 Å². The van der Waals surface area contributed by atoms with E-state index in [2.05, 4.69) is 25.1 Å². The molecule has 1 amide bonds. The van der Waals surface area contributed by atoms with Crippen molar-refractivity contribution in [3.05, 3.63) is 35.4 Å². The van der Waals surface area contributed by atoms with E-state index >= 15 is 0 Å². The molecule has 4 heteroatoms. The standard InChI is InChI=1S/C13H18N2O2/c1-10-3-2-4-11(7-10)5-6-15-9-12(8-14)17-13(15)16/h2-4,7,12H,5-6,8-9,14H2,1H3. The molecule has 0 bridgehead atoms. The summed E-state index contributed by atoms with van der Waals surface area (Å²) in [4.78, 5) is 13.2. The van der Waals surface area contributed by atoms with Crippen LogP contribution in [0.25, 0.3) is 0 Å². The van der Waals surface area contributed by atoms with Gasteiger partial charge in [0.15, 0.2) is 0 Å². The molecule has 0 radical (unpaired) electrons. The Morgan fingerprint density at radius 1 is 1.53 bits per heavy atom. The van der Waals surface area contributed by atoms with Crippen molar-refractivity contribution in [2.75, 3.05) is 19.6 Å². The number of hydrogen-bond donors (Lipinski definition) is 1. The number of hydrogen-bond acceptors (Lipinski definition) is 3. The minimum atomic E-state index is -0.242. The number of nitrogens with zero attached hydrogens (tertiary/aromatic N) is 1. The van der Waals surface area contributed by atoms with Crippen molar-refractivity contribution in [1.29, 1.82) is 0 Å². The third kappa shape index (κ3) is 2.97. The lowest BCUT2D eigenvalue weighted by Crippen LogP contribution is -2.29. The zero-order valence-corrected chi connectivity index (χ0v) is 10.1. The van der Waals surface area contributed by atoms with Gasteiger partial charge in [-0.15, -0.1) is 0 Å². The second kappa shape index (κ2) is 5.19. The van der Waals surface area contributed by atoms with E-state index in [0.29, 0.717) is 19.6 Å². The highest BCUT2D eigenvalue weighted by Gasteiger charge is 2.29. The molecule has 1 fully saturated rings. The number of nitrogens with two attached hydrogens (primary N) is 1. The van der Waals surface area contributed by atoms with Crippen molar-refractivity contribution in [1.82, 2.24) is 4.90 Å². The van der Waals surface area contributed by atoms with Gasteiger partial charge in [0.2, 0.25) is 0 Å². The van der Waals surface area contributed by atoms with Crippen molar-refractivity contribution >= 4 is 6.09 Å². The average Bonchev–Trinajstić information content (AvgIpc) is 2.68. The fraction of sp³-hybridized carbons (Fsp3) is 0.462. The first-order valence-electron chi connectivity index (χ1n) is 5.90. The largest absolute Gasteiger partial charge is 0.443 e. The molecule has 0 aromatic heterocycles. The van der Waals surface area contributed by atoms with Crippen LogP contribution in [-0.4, -0.2) is 36.7 Å². The molecule has 1 heterocycles. The Hall–Kier alpha value is -1.55. The van der Waals surface area contributed by atoms with Crippen LogP contribution in [0.4, 0.5) is 4.79 Å². The van der Waals surface area contributed by atoms with Crippen LogP contribution in [0.3, 0.4) is 0 Å². The van der Waals surface area contributed by atoms with Gasteiger partial charge < -0.3 is 15.4 Å². The fourth-order valence-corrected chi connectivity index (χ4v) is 2.01. The molecule has 1 aliphatic rings. The number of rotatable bonds is 4. The maximum absolute atomic E-state index is 11.5. The smallest absolute Gasteiger partial charge is 0.410 e. The van der Waals surface area contributed by atoms with Crippen LogP contribution in [0, 0.1) is 6.92 Å². The SMILES string of the molecule is Cc1cccc(CCN2CC(CN)OC2=O)c1. The van der Waals surface area contributed by atoms with Crippen LogP contribution in [0.5, 0.6) is 0 Å². The van der Waals surface area contributed by atoms with Crippen LogP contribution in [0.15, 0.2) is 24.3 Å². The Morgan fingerprint density at radius 2 is 2.35 bits per heavy atom. The summed E-state index contributed by atoms with van der Waals surface area (Å²) in [6.07, 6.45) is 0.474. The summed E-state index contributed by atoms with van der Waals surface area (Å²) in [5, 5.41) is 0. The second-order valence-electron chi connectivity index (χ2n) is 4.43. The van der Waals surface area contributed by atoms with Crippen LogP contribution in [0.2, 0.25) is 0 Å². The molecule has 2 rings (SSSR count). The molecule has 1 aromatic carbocycles. The first-order chi connectivity index (χ1) is 8.19. The summed E-state index contributed by atoms with van der Waals surface area (Å²) in [7, 11) is 0. The molecule has 1 aromatic rings. The first-order valence-corrected chi connectivity index (χ1v) is 5.90. The molecule has 1 atom stereocenters. The van der Waals surface area contributed by atoms with Gasteiger partial charge in [-0.05, 0) is 18.9 Å². The summed E-state index contributed by atoms with van der Waals surface area (Å²) in [6, 6.07) is 8.32. The molecule has 1 saturated heterocycles. The van der Waals surface area contributed by atoms with E-state index in [1.54, 1.807) is 4.90 Å². The molecule has 0 aliphatic carbocycles. The summed E-state index contributed by atoms with van der Waals surface area (Å²) >= 11 is 0. The summed E-state index contributed by atoms with van der Waals surface area (Å²) in [5.74, 6) is 0. The van der Waals surface area contributed by atoms with E-state index in [1.807, 2.05) is 6.07 Å². The van der Waals surface area contributed by atoms with Crippen LogP contribution >= 0.6 is 0 Å². The van der Waals surface area contributed by atoms with Crippen molar-refractivity contribution in [2.24, 2.45) is 5.73 Å². The topological polar surface area (TPSA) is 55.6 Å². The summed E-state index contributed by atoms with van der Waals surface area (Å²) in [5.41, 5.74) is 7.97. The van der Waals surface area contributed by atoms with Gasteiger partial charge in [0.1, 0.15) is 6.10 Å².